The molecule has 1 heterocycles. The van der Waals surface area contributed by atoms with Crippen molar-refractivity contribution in [2.24, 2.45) is 0 Å². The third-order valence-electron chi connectivity index (χ3n) is 4.32. The lowest BCUT2D eigenvalue weighted by Gasteiger charge is -2.18. The molecule has 2 aromatic rings. The molecular weight excluding hydrogens is 346 g/mol. The summed E-state index contributed by atoms with van der Waals surface area (Å²) in [5, 5.41) is 8.43. The minimum Gasteiger partial charge on any atom is -0.469 e. The first-order valence-electron chi connectivity index (χ1n) is 8.66. The van der Waals surface area contributed by atoms with E-state index in [4.69, 9.17) is 0 Å². The highest BCUT2D eigenvalue weighted by Gasteiger charge is 2.16. The molecule has 140 valence electrons. The predicted molar refractivity (Wildman–Crippen MR) is 101 cm³/mol. The average molecular weight is 367 g/mol. The number of esters is 1. The van der Waals surface area contributed by atoms with E-state index in [1.54, 1.807) is 30.3 Å². The maximum Gasteiger partial charge on any atom is 0.314 e. The van der Waals surface area contributed by atoms with Crippen LogP contribution >= 0.6 is 0 Å². The molecule has 0 saturated heterocycles. The number of anilines is 2. The second kappa shape index (κ2) is 8.46. The minimum atomic E-state index is -0.777. The highest BCUT2D eigenvalue weighted by molar-refractivity contribution is 6.43. The van der Waals surface area contributed by atoms with Gasteiger partial charge in [-0.1, -0.05) is 18.2 Å². The molecule has 3 N–H and O–H groups in total. The summed E-state index contributed by atoms with van der Waals surface area (Å²) in [5.74, 6) is -1.91. The number of ether oxygens (including phenoxy) is 1. The van der Waals surface area contributed by atoms with Gasteiger partial charge in [-0.3, -0.25) is 14.4 Å². The Morgan fingerprint density at radius 2 is 1.74 bits per heavy atom. The zero-order valence-corrected chi connectivity index (χ0v) is 15.0. The van der Waals surface area contributed by atoms with Gasteiger partial charge in [0.2, 0.25) is 0 Å². The van der Waals surface area contributed by atoms with E-state index < -0.39 is 11.8 Å². The Hall–Kier alpha value is -3.19. The van der Waals surface area contributed by atoms with Gasteiger partial charge < -0.3 is 20.7 Å². The molecule has 0 aromatic heterocycles. The van der Waals surface area contributed by atoms with Gasteiger partial charge in [-0.05, 0) is 53.9 Å². The SMILES string of the molecule is COC(=O)Cc1cccc(NC(=O)C(=O)Nc2ccc3c(c2)CNCC3)c1. The number of hydrogen-bond donors (Lipinski definition) is 3. The lowest BCUT2D eigenvalue weighted by molar-refractivity contribution is -0.139. The number of rotatable bonds is 4. The number of hydrogen-bond acceptors (Lipinski definition) is 5. The van der Waals surface area contributed by atoms with Crippen LogP contribution in [-0.4, -0.2) is 31.4 Å². The monoisotopic (exact) mass is 367 g/mol. The van der Waals surface area contributed by atoms with Crippen LogP contribution in [0.1, 0.15) is 16.7 Å². The Bertz CT molecular complexity index is 879. The van der Waals surface area contributed by atoms with Crippen LogP contribution in [0.3, 0.4) is 0 Å². The Morgan fingerprint density at radius 3 is 2.48 bits per heavy atom. The lowest BCUT2D eigenvalue weighted by Crippen LogP contribution is -2.29. The first kappa shape index (κ1) is 18.6. The number of nitrogens with one attached hydrogen (secondary N) is 3. The van der Waals surface area contributed by atoms with Gasteiger partial charge in [0.25, 0.3) is 0 Å². The molecule has 1 aliphatic rings. The molecule has 0 radical (unpaired) electrons. The minimum absolute atomic E-state index is 0.0928. The molecule has 3 rings (SSSR count). The zero-order chi connectivity index (χ0) is 19.2. The van der Waals surface area contributed by atoms with Crippen LogP contribution in [0.15, 0.2) is 42.5 Å². The number of methoxy groups -OCH3 is 1. The summed E-state index contributed by atoms with van der Waals surface area (Å²) in [6.45, 7) is 1.69. The molecule has 0 spiro atoms. The van der Waals surface area contributed by atoms with E-state index >= 15 is 0 Å². The predicted octanol–water partition coefficient (Wildman–Crippen LogP) is 1.62. The van der Waals surface area contributed by atoms with Gasteiger partial charge in [0, 0.05) is 17.9 Å². The Morgan fingerprint density at radius 1 is 1.00 bits per heavy atom. The first-order chi connectivity index (χ1) is 13.0. The highest BCUT2D eigenvalue weighted by Crippen LogP contribution is 2.19. The van der Waals surface area contributed by atoms with Crippen molar-refractivity contribution in [3.63, 3.8) is 0 Å². The molecule has 0 unspecified atom stereocenters. The van der Waals surface area contributed by atoms with E-state index in [1.165, 1.54) is 12.7 Å². The molecule has 27 heavy (non-hydrogen) atoms. The molecular formula is C20H21N3O4. The fourth-order valence-electron chi connectivity index (χ4n) is 2.93. The van der Waals surface area contributed by atoms with Crippen molar-refractivity contribution in [2.45, 2.75) is 19.4 Å². The van der Waals surface area contributed by atoms with Crippen LogP contribution in [-0.2, 0) is 38.5 Å². The summed E-state index contributed by atoms with van der Waals surface area (Å²) in [6, 6.07) is 12.4. The number of carbonyl (C=O) groups excluding carboxylic acids is 3. The van der Waals surface area contributed by atoms with Gasteiger partial charge in [-0.15, -0.1) is 0 Å². The summed E-state index contributed by atoms with van der Waals surface area (Å²) in [4.78, 5) is 35.7. The molecule has 0 saturated carbocycles. The second-order valence-electron chi connectivity index (χ2n) is 6.27. The van der Waals surface area contributed by atoms with Crippen LogP contribution < -0.4 is 16.0 Å². The maximum atomic E-state index is 12.2. The first-order valence-corrected chi connectivity index (χ1v) is 8.66. The van der Waals surface area contributed by atoms with Crippen molar-refractivity contribution < 1.29 is 19.1 Å². The molecule has 0 fully saturated rings. The third-order valence-corrected chi connectivity index (χ3v) is 4.32. The Labute approximate surface area is 157 Å². The summed E-state index contributed by atoms with van der Waals surface area (Å²) < 4.78 is 4.62. The van der Waals surface area contributed by atoms with Crippen molar-refractivity contribution >= 4 is 29.2 Å². The van der Waals surface area contributed by atoms with Gasteiger partial charge in [0.15, 0.2) is 0 Å². The Kier molecular flexibility index (Phi) is 5.83. The molecule has 0 atom stereocenters. The molecule has 7 nitrogen and oxygen atoms in total. The smallest absolute Gasteiger partial charge is 0.314 e. The van der Waals surface area contributed by atoms with Crippen molar-refractivity contribution in [1.29, 1.82) is 0 Å². The van der Waals surface area contributed by atoms with E-state index in [2.05, 4.69) is 20.7 Å². The summed E-state index contributed by atoms with van der Waals surface area (Å²) in [7, 11) is 1.31. The summed E-state index contributed by atoms with van der Waals surface area (Å²) in [5.41, 5.74) is 4.07. The quantitative estimate of drug-likeness (QED) is 0.564. The number of carbonyl (C=O) groups is 3. The topological polar surface area (TPSA) is 96.5 Å². The lowest BCUT2D eigenvalue weighted by atomic mass is 10.0. The number of amides is 2. The van der Waals surface area contributed by atoms with Crippen LogP contribution in [0.25, 0.3) is 0 Å². The van der Waals surface area contributed by atoms with E-state index in [1.807, 2.05) is 12.1 Å². The van der Waals surface area contributed by atoms with E-state index in [-0.39, 0.29) is 12.4 Å². The van der Waals surface area contributed by atoms with Gasteiger partial charge >= 0.3 is 17.8 Å². The highest BCUT2D eigenvalue weighted by atomic mass is 16.5. The average Bonchev–Trinajstić information content (AvgIpc) is 2.68. The number of benzene rings is 2. The summed E-state index contributed by atoms with van der Waals surface area (Å²) in [6.07, 6.45) is 1.04. The maximum absolute atomic E-state index is 12.2. The normalized spacial score (nSPS) is 12.6. The Balaban J connectivity index is 1.62. The molecule has 2 aromatic carbocycles. The van der Waals surface area contributed by atoms with E-state index in [9.17, 15) is 14.4 Å². The fourth-order valence-corrected chi connectivity index (χ4v) is 2.93. The largest absolute Gasteiger partial charge is 0.469 e. The standard InChI is InChI=1S/C20H21N3O4/c1-27-18(24)10-13-3-2-4-16(9-13)22-19(25)20(26)23-17-6-5-14-7-8-21-12-15(14)11-17/h2-6,9,11,21H,7-8,10,12H2,1H3,(H,22,25)(H,23,26). The molecule has 7 heteroatoms. The third kappa shape index (κ3) is 4.92. The molecule has 0 bridgehead atoms. The van der Waals surface area contributed by atoms with Gasteiger partial charge in [0.05, 0.1) is 13.5 Å². The molecule has 2 amide bonds. The van der Waals surface area contributed by atoms with Crippen molar-refractivity contribution in [1.82, 2.24) is 5.32 Å². The van der Waals surface area contributed by atoms with Gasteiger partial charge in [-0.2, -0.15) is 0 Å². The van der Waals surface area contributed by atoms with Crippen LogP contribution in [0, 0.1) is 0 Å². The van der Waals surface area contributed by atoms with Crippen LogP contribution in [0.4, 0.5) is 11.4 Å². The van der Waals surface area contributed by atoms with Crippen molar-refractivity contribution in [2.75, 3.05) is 24.3 Å². The van der Waals surface area contributed by atoms with Crippen molar-refractivity contribution in [3.8, 4) is 0 Å². The molecule has 1 aliphatic heterocycles. The van der Waals surface area contributed by atoms with Gasteiger partial charge in [0.1, 0.15) is 0 Å². The van der Waals surface area contributed by atoms with Gasteiger partial charge in [-0.25, -0.2) is 0 Å². The van der Waals surface area contributed by atoms with E-state index in [0.717, 1.165) is 25.1 Å². The fraction of sp³-hybridized carbons (Fsp3) is 0.250. The zero-order valence-electron chi connectivity index (χ0n) is 15.0. The van der Waals surface area contributed by atoms with Crippen molar-refractivity contribution in [3.05, 3.63) is 59.2 Å². The van der Waals surface area contributed by atoms with Crippen LogP contribution in [0.2, 0.25) is 0 Å². The summed E-state index contributed by atoms with van der Waals surface area (Å²) >= 11 is 0. The molecule has 0 aliphatic carbocycles. The number of fused-ring (bicyclic) bond motifs is 1. The van der Waals surface area contributed by atoms with E-state index in [0.29, 0.717) is 16.9 Å². The second-order valence-corrected chi connectivity index (χ2v) is 6.27. The van der Waals surface area contributed by atoms with Crippen LogP contribution in [0.5, 0.6) is 0 Å².